The lowest BCUT2D eigenvalue weighted by molar-refractivity contribution is 0.473. The molecule has 0 bridgehead atoms. The molecule has 0 spiro atoms. The SMILES string of the molecule is C=CCCCCCCCCC1=C(CC)CCC(C)C1. The predicted molar refractivity (Wildman–Crippen MR) is 87.5 cm³/mol. The fourth-order valence-corrected chi connectivity index (χ4v) is 3.30. The molecule has 19 heavy (non-hydrogen) atoms. The molecule has 0 N–H and O–H groups in total. The predicted octanol–water partition coefficient (Wildman–Crippen LogP) is 6.82. The van der Waals surface area contributed by atoms with Crippen LogP contribution >= 0.6 is 0 Å². The van der Waals surface area contributed by atoms with Gasteiger partial charge in [-0.2, -0.15) is 0 Å². The fourth-order valence-electron chi connectivity index (χ4n) is 3.30. The van der Waals surface area contributed by atoms with Crippen molar-refractivity contribution in [2.45, 2.75) is 90.9 Å². The van der Waals surface area contributed by atoms with Crippen molar-refractivity contribution >= 4 is 0 Å². The summed E-state index contributed by atoms with van der Waals surface area (Å²) in [6.45, 7) is 8.54. The van der Waals surface area contributed by atoms with Gasteiger partial charge in [0.2, 0.25) is 0 Å². The van der Waals surface area contributed by atoms with Crippen molar-refractivity contribution in [2.75, 3.05) is 0 Å². The Morgan fingerprint density at radius 1 is 1.05 bits per heavy atom. The van der Waals surface area contributed by atoms with Crippen molar-refractivity contribution in [3.63, 3.8) is 0 Å². The Labute approximate surface area is 121 Å². The maximum absolute atomic E-state index is 3.78. The van der Waals surface area contributed by atoms with Gasteiger partial charge in [-0.15, -0.1) is 6.58 Å². The number of hydrogen-bond donors (Lipinski definition) is 0. The van der Waals surface area contributed by atoms with E-state index < -0.39 is 0 Å². The van der Waals surface area contributed by atoms with Crippen molar-refractivity contribution in [1.82, 2.24) is 0 Å². The molecule has 0 heterocycles. The van der Waals surface area contributed by atoms with Crippen LogP contribution in [0.3, 0.4) is 0 Å². The Morgan fingerprint density at radius 3 is 2.42 bits per heavy atom. The van der Waals surface area contributed by atoms with Crippen molar-refractivity contribution in [3.05, 3.63) is 23.8 Å². The first-order valence-corrected chi connectivity index (χ1v) is 8.58. The van der Waals surface area contributed by atoms with E-state index in [9.17, 15) is 0 Å². The third-order valence-electron chi connectivity index (χ3n) is 4.60. The minimum absolute atomic E-state index is 0.934. The summed E-state index contributed by atoms with van der Waals surface area (Å²) in [5.41, 5.74) is 3.62. The normalized spacial score (nSPS) is 19.8. The summed E-state index contributed by atoms with van der Waals surface area (Å²) in [6.07, 6.45) is 18.6. The molecule has 0 heteroatoms. The minimum atomic E-state index is 0.934. The third-order valence-corrected chi connectivity index (χ3v) is 4.60. The molecule has 0 aromatic heterocycles. The monoisotopic (exact) mass is 262 g/mol. The molecule has 0 amide bonds. The Morgan fingerprint density at radius 2 is 1.74 bits per heavy atom. The summed E-state index contributed by atoms with van der Waals surface area (Å²) >= 11 is 0. The molecule has 0 aromatic rings. The maximum Gasteiger partial charge on any atom is -0.0292 e. The Bertz CT molecular complexity index is 272. The first-order chi connectivity index (χ1) is 9.27. The van der Waals surface area contributed by atoms with Gasteiger partial charge in [-0.1, -0.05) is 56.8 Å². The van der Waals surface area contributed by atoms with Gasteiger partial charge < -0.3 is 0 Å². The van der Waals surface area contributed by atoms with E-state index in [4.69, 9.17) is 0 Å². The van der Waals surface area contributed by atoms with Crippen molar-refractivity contribution < 1.29 is 0 Å². The summed E-state index contributed by atoms with van der Waals surface area (Å²) in [7, 11) is 0. The molecule has 0 radical (unpaired) electrons. The van der Waals surface area contributed by atoms with E-state index in [1.807, 2.05) is 11.6 Å². The van der Waals surface area contributed by atoms with Gasteiger partial charge in [0.25, 0.3) is 0 Å². The van der Waals surface area contributed by atoms with E-state index in [0.29, 0.717) is 0 Å². The highest BCUT2D eigenvalue weighted by molar-refractivity contribution is 5.17. The van der Waals surface area contributed by atoms with Gasteiger partial charge in [0.15, 0.2) is 0 Å². The second kappa shape index (κ2) is 10.3. The van der Waals surface area contributed by atoms with Crippen molar-refractivity contribution in [3.8, 4) is 0 Å². The summed E-state index contributed by atoms with van der Waals surface area (Å²) in [6, 6.07) is 0. The Hall–Kier alpha value is -0.520. The molecule has 1 rings (SSSR count). The zero-order chi connectivity index (χ0) is 13.9. The summed E-state index contributed by atoms with van der Waals surface area (Å²) in [4.78, 5) is 0. The van der Waals surface area contributed by atoms with Crippen LogP contribution in [0.1, 0.15) is 90.9 Å². The highest BCUT2D eigenvalue weighted by Gasteiger charge is 2.16. The van der Waals surface area contributed by atoms with Gasteiger partial charge in [-0.05, 0) is 57.3 Å². The van der Waals surface area contributed by atoms with Crippen LogP contribution in [0.5, 0.6) is 0 Å². The van der Waals surface area contributed by atoms with Crippen LogP contribution in [-0.2, 0) is 0 Å². The Kier molecular flexibility index (Phi) is 8.95. The molecule has 0 saturated heterocycles. The van der Waals surface area contributed by atoms with Crippen LogP contribution in [0.15, 0.2) is 23.8 Å². The van der Waals surface area contributed by atoms with Gasteiger partial charge in [0.05, 0.1) is 0 Å². The lowest BCUT2D eigenvalue weighted by Gasteiger charge is -2.24. The largest absolute Gasteiger partial charge is 0.103 e. The van der Waals surface area contributed by atoms with Crippen molar-refractivity contribution in [2.24, 2.45) is 5.92 Å². The molecule has 0 saturated carbocycles. The molecule has 110 valence electrons. The van der Waals surface area contributed by atoms with Crippen LogP contribution in [0.2, 0.25) is 0 Å². The average molecular weight is 262 g/mol. The highest BCUT2D eigenvalue weighted by atomic mass is 14.2. The standard InChI is InChI=1S/C19H34/c1-4-6-7-8-9-10-11-12-13-19-16-17(3)14-15-18(19)5-2/h4,17H,1,5-16H2,2-3H3. The first-order valence-electron chi connectivity index (χ1n) is 8.58. The molecule has 0 aromatic carbocycles. The Balaban J connectivity index is 2.10. The quantitative estimate of drug-likeness (QED) is 0.299. The molecule has 0 fully saturated rings. The molecule has 0 nitrogen and oxygen atoms in total. The van der Waals surface area contributed by atoms with E-state index in [1.54, 1.807) is 5.57 Å². The van der Waals surface area contributed by atoms with E-state index in [-0.39, 0.29) is 0 Å². The molecule has 1 aliphatic rings. The number of rotatable bonds is 10. The lowest BCUT2D eigenvalue weighted by Crippen LogP contribution is -2.07. The van der Waals surface area contributed by atoms with Crippen LogP contribution in [0.25, 0.3) is 0 Å². The van der Waals surface area contributed by atoms with Crippen LogP contribution in [0, 0.1) is 5.92 Å². The van der Waals surface area contributed by atoms with E-state index in [1.165, 1.54) is 77.0 Å². The van der Waals surface area contributed by atoms with Gasteiger partial charge in [-0.25, -0.2) is 0 Å². The molecule has 0 aliphatic heterocycles. The highest BCUT2D eigenvalue weighted by Crippen LogP contribution is 2.33. The second-order valence-electron chi connectivity index (χ2n) is 6.36. The molecular formula is C19H34. The van der Waals surface area contributed by atoms with Crippen LogP contribution in [-0.4, -0.2) is 0 Å². The topological polar surface area (TPSA) is 0 Å². The van der Waals surface area contributed by atoms with Gasteiger partial charge in [0.1, 0.15) is 0 Å². The van der Waals surface area contributed by atoms with Crippen LogP contribution < -0.4 is 0 Å². The maximum atomic E-state index is 3.78. The smallest absolute Gasteiger partial charge is 0.0292 e. The zero-order valence-corrected chi connectivity index (χ0v) is 13.3. The van der Waals surface area contributed by atoms with Gasteiger partial charge in [-0.3, -0.25) is 0 Å². The fraction of sp³-hybridized carbons (Fsp3) is 0.789. The molecule has 1 unspecified atom stereocenters. The summed E-state index contributed by atoms with van der Waals surface area (Å²) in [5, 5.41) is 0. The number of unbranched alkanes of at least 4 members (excludes halogenated alkanes) is 6. The van der Waals surface area contributed by atoms with E-state index >= 15 is 0 Å². The minimum Gasteiger partial charge on any atom is -0.103 e. The average Bonchev–Trinajstić information content (AvgIpc) is 2.42. The van der Waals surface area contributed by atoms with E-state index in [2.05, 4.69) is 20.4 Å². The number of hydrogen-bond acceptors (Lipinski definition) is 0. The lowest BCUT2D eigenvalue weighted by atomic mass is 9.82. The summed E-state index contributed by atoms with van der Waals surface area (Å²) in [5.74, 6) is 0.934. The molecule has 1 aliphatic carbocycles. The molecule has 1 atom stereocenters. The van der Waals surface area contributed by atoms with Crippen LogP contribution in [0.4, 0.5) is 0 Å². The number of allylic oxidation sites excluding steroid dienone is 3. The first kappa shape index (κ1) is 16.5. The van der Waals surface area contributed by atoms with E-state index in [0.717, 1.165) is 5.92 Å². The summed E-state index contributed by atoms with van der Waals surface area (Å²) < 4.78 is 0. The molecular weight excluding hydrogens is 228 g/mol. The van der Waals surface area contributed by atoms with Gasteiger partial charge >= 0.3 is 0 Å². The second-order valence-corrected chi connectivity index (χ2v) is 6.36. The van der Waals surface area contributed by atoms with Crippen molar-refractivity contribution in [1.29, 1.82) is 0 Å². The third kappa shape index (κ3) is 6.99. The van der Waals surface area contributed by atoms with Gasteiger partial charge in [0, 0.05) is 0 Å². The zero-order valence-electron chi connectivity index (χ0n) is 13.3.